The Morgan fingerprint density at radius 1 is 1.00 bits per heavy atom. The van der Waals surface area contributed by atoms with Crippen LogP contribution in [0.15, 0.2) is 0 Å². The van der Waals surface area contributed by atoms with Crippen LogP contribution in [0.1, 0.15) is 0 Å². The van der Waals surface area contributed by atoms with Crippen molar-refractivity contribution in [2.75, 3.05) is 0 Å². The summed E-state index contributed by atoms with van der Waals surface area (Å²) in [6.07, 6.45) is 0. The fourth-order valence-electron chi connectivity index (χ4n) is 0. The van der Waals surface area contributed by atoms with Gasteiger partial charge in [0.05, 0.1) is 0 Å². The molecular weight excluding hydrogens is 259 g/mol. The van der Waals surface area contributed by atoms with Gasteiger partial charge in [-0.1, -0.05) is 0 Å². The van der Waals surface area contributed by atoms with Crippen LogP contribution in [0.25, 0.3) is 0 Å². The van der Waals surface area contributed by atoms with E-state index in [4.69, 9.17) is 0 Å². The van der Waals surface area contributed by atoms with Crippen LogP contribution in [-0.2, 0) is 83.3 Å². The van der Waals surface area contributed by atoms with Crippen LogP contribution in [0, 0.1) is 0 Å². The van der Waals surface area contributed by atoms with E-state index in [-0.39, 0.29) is 83.3 Å². The van der Waals surface area contributed by atoms with E-state index >= 15 is 0 Å². The van der Waals surface area contributed by atoms with E-state index in [0.717, 1.165) is 0 Å². The molecule has 0 bridgehead atoms. The zero-order valence-corrected chi connectivity index (χ0v) is 7.78. The van der Waals surface area contributed by atoms with Crippen LogP contribution in [-0.4, -0.2) is 0 Å². The summed E-state index contributed by atoms with van der Waals surface area (Å²) in [5.41, 5.74) is 0. The van der Waals surface area contributed by atoms with Crippen molar-refractivity contribution in [2.24, 2.45) is 0 Å². The first-order valence-corrected chi connectivity index (χ1v) is 0. The van der Waals surface area contributed by atoms with E-state index in [1.807, 2.05) is 0 Å². The van der Waals surface area contributed by atoms with E-state index in [9.17, 15) is 0 Å². The van der Waals surface area contributed by atoms with Gasteiger partial charge in [-0.25, -0.2) is 0 Å². The maximum absolute atomic E-state index is 0. The van der Waals surface area contributed by atoms with Crippen LogP contribution in [0.4, 0.5) is 0 Å². The molecule has 2 radical (unpaired) electrons. The first-order valence-electron chi connectivity index (χ1n) is 0. The van der Waals surface area contributed by atoms with Gasteiger partial charge in [0, 0.05) is 83.3 Å². The number of hydrogen-bond donors (Lipinski definition) is 0. The van der Waals surface area contributed by atoms with E-state index in [0.29, 0.717) is 0 Å². The standard InChI is InChI=1S/Co.Cr.Ni.Y. The SMILES string of the molecule is [Co].[Cr].[Ni].[Y]. The van der Waals surface area contributed by atoms with Crippen molar-refractivity contribution in [1.29, 1.82) is 0 Å². The molecule has 28 valence electrons. The zero-order valence-electron chi connectivity index (χ0n) is 1.64. The van der Waals surface area contributed by atoms with Crippen molar-refractivity contribution in [3.8, 4) is 0 Å². The average Bonchev–Trinajstić information content (AvgIpc) is 0. The summed E-state index contributed by atoms with van der Waals surface area (Å²) in [5, 5.41) is 0. The van der Waals surface area contributed by atoms with Crippen molar-refractivity contribution < 1.29 is 83.3 Å². The van der Waals surface area contributed by atoms with Crippen molar-refractivity contribution >= 4 is 0 Å². The predicted octanol–water partition coefficient (Wildman–Crippen LogP) is -0.0100. The van der Waals surface area contributed by atoms with Crippen LogP contribution in [0.5, 0.6) is 0 Å². The molecule has 4 heteroatoms. The Hall–Kier alpha value is 2.64. The molecule has 0 fully saturated rings. The van der Waals surface area contributed by atoms with Crippen LogP contribution < -0.4 is 0 Å². The molecule has 0 atom stereocenters. The fourth-order valence-corrected chi connectivity index (χ4v) is 0. The molecule has 0 saturated carbocycles. The molecule has 0 nitrogen and oxygen atoms in total. The van der Waals surface area contributed by atoms with E-state index in [1.54, 1.807) is 0 Å². The Balaban J connectivity index is 0. The molecule has 0 heterocycles. The maximum Gasteiger partial charge on any atom is 0 e. The van der Waals surface area contributed by atoms with Gasteiger partial charge in [0.15, 0.2) is 0 Å². The molecule has 0 aromatic carbocycles. The summed E-state index contributed by atoms with van der Waals surface area (Å²) in [4.78, 5) is 0. The summed E-state index contributed by atoms with van der Waals surface area (Å²) >= 11 is 0. The molecule has 0 N–H and O–H groups in total. The van der Waals surface area contributed by atoms with Crippen LogP contribution in [0.3, 0.4) is 0 Å². The molecule has 4 heavy (non-hydrogen) atoms. The summed E-state index contributed by atoms with van der Waals surface area (Å²) in [5.74, 6) is 0. The quantitative estimate of drug-likeness (QED) is 0.536. The van der Waals surface area contributed by atoms with Crippen LogP contribution in [0.2, 0.25) is 0 Å². The second kappa shape index (κ2) is 17.4. The Kier molecular flexibility index (Phi) is 132. The maximum atomic E-state index is 0. The molecule has 0 amide bonds. The minimum atomic E-state index is 0. The van der Waals surface area contributed by atoms with Gasteiger partial charge in [-0.2, -0.15) is 0 Å². The van der Waals surface area contributed by atoms with E-state index in [1.165, 1.54) is 0 Å². The van der Waals surface area contributed by atoms with Gasteiger partial charge >= 0.3 is 0 Å². The van der Waals surface area contributed by atoms with Gasteiger partial charge in [0.25, 0.3) is 0 Å². The molecule has 0 unspecified atom stereocenters. The molecule has 0 aromatic heterocycles. The number of rotatable bonds is 0. The third-order valence-electron chi connectivity index (χ3n) is 0. The van der Waals surface area contributed by atoms with Crippen molar-refractivity contribution in [2.45, 2.75) is 0 Å². The summed E-state index contributed by atoms with van der Waals surface area (Å²) < 4.78 is 0. The minimum Gasteiger partial charge on any atom is 0 e. The average molecular weight is 259 g/mol. The van der Waals surface area contributed by atoms with Crippen molar-refractivity contribution in [1.82, 2.24) is 0 Å². The normalized spacial score (nSPS) is 0. The summed E-state index contributed by atoms with van der Waals surface area (Å²) in [6, 6.07) is 0. The van der Waals surface area contributed by atoms with Gasteiger partial charge in [-0.3, -0.25) is 0 Å². The Morgan fingerprint density at radius 2 is 1.00 bits per heavy atom. The molecule has 0 aliphatic carbocycles. The summed E-state index contributed by atoms with van der Waals surface area (Å²) in [6.45, 7) is 0. The molecule has 0 aliphatic heterocycles. The van der Waals surface area contributed by atoms with Crippen LogP contribution >= 0.6 is 0 Å². The zero-order chi connectivity index (χ0) is 0. The van der Waals surface area contributed by atoms with Gasteiger partial charge in [0.1, 0.15) is 0 Å². The Labute approximate surface area is 82.0 Å². The van der Waals surface area contributed by atoms with Crippen molar-refractivity contribution in [3.63, 3.8) is 0 Å². The largest absolute Gasteiger partial charge is 0 e. The van der Waals surface area contributed by atoms with E-state index in [2.05, 4.69) is 0 Å². The fraction of sp³-hybridized carbons (Fsp3) is 0. The topological polar surface area (TPSA) is 0 Å². The molecular formula is CoCrNiY. The second-order valence-corrected chi connectivity index (χ2v) is 0. The van der Waals surface area contributed by atoms with Gasteiger partial charge in [0.2, 0.25) is 0 Å². The minimum absolute atomic E-state index is 0. The van der Waals surface area contributed by atoms with Gasteiger partial charge in [-0.05, 0) is 0 Å². The third kappa shape index (κ3) is 8.82. The molecule has 0 spiro atoms. The molecule has 0 rings (SSSR count). The van der Waals surface area contributed by atoms with Crippen molar-refractivity contribution in [3.05, 3.63) is 0 Å². The predicted molar refractivity (Wildman–Crippen MR) is 0 cm³/mol. The second-order valence-electron chi connectivity index (χ2n) is 0. The first-order chi connectivity index (χ1) is 0. The Morgan fingerprint density at radius 3 is 1.00 bits per heavy atom. The smallest absolute Gasteiger partial charge is 0 e. The monoisotopic (exact) mass is 258 g/mol. The van der Waals surface area contributed by atoms with Gasteiger partial charge in [-0.15, -0.1) is 0 Å². The van der Waals surface area contributed by atoms with E-state index < -0.39 is 0 Å². The molecule has 0 aromatic rings. The molecule has 0 saturated heterocycles. The summed E-state index contributed by atoms with van der Waals surface area (Å²) in [7, 11) is 0. The third-order valence-corrected chi connectivity index (χ3v) is 0. The number of hydrogen-bond acceptors (Lipinski definition) is 0. The van der Waals surface area contributed by atoms with Gasteiger partial charge < -0.3 is 0 Å². The molecule has 0 aliphatic rings. The first kappa shape index (κ1) is 30.3. The Bertz CT molecular complexity index is 8.00.